The van der Waals surface area contributed by atoms with Crippen LogP contribution in [0.25, 0.3) is 0 Å². The summed E-state index contributed by atoms with van der Waals surface area (Å²) in [4.78, 5) is 6.93. The van der Waals surface area contributed by atoms with Crippen LogP contribution in [-0.4, -0.2) is 63.3 Å². The Bertz CT molecular complexity index is 358. The van der Waals surface area contributed by atoms with Gasteiger partial charge in [0.05, 0.1) is 6.10 Å². The number of aliphatic imine (C=N–C) groups is 1. The number of guanidine groups is 1. The van der Waals surface area contributed by atoms with Gasteiger partial charge in [-0.25, -0.2) is 0 Å². The van der Waals surface area contributed by atoms with Crippen molar-refractivity contribution in [1.82, 2.24) is 15.5 Å². The van der Waals surface area contributed by atoms with E-state index in [1.807, 2.05) is 7.05 Å². The van der Waals surface area contributed by atoms with Gasteiger partial charge < -0.3 is 20.3 Å². The fourth-order valence-corrected chi connectivity index (χ4v) is 3.33. The van der Waals surface area contributed by atoms with Crippen molar-refractivity contribution in [2.75, 3.05) is 46.4 Å². The van der Waals surface area contributed by atoms with E-state index in [0.717, 1.165) is 38.0 Å². The number of hydrogen-bond acceptors (Lipinski definition) is 3. The number of ether oxygens (including phenoxy) is 1. The Kier molecular flexibility index (Phi) is 15.9. The third-order valence-corrected chi connectivity index (χ3v) is 5.14. The summed E-state index contributed by atoms with van der Waals surface area (Å²) in [7, 11) is 1.84. The van der Waals surface area contributed by atoms with Gasteiger partial charge in [0.15, 0.2) is 5.96 Å². The van der Waals surface area contributed by atoms with E-state index in [2.05, 4.69) is 48.2 Å². The molecular formula is C20H43IN4O. The normalized spacial score (nSPS) is 17.8. The van der Waals surface area contributed by atoms with Gasteiger partial charge in [-0.1, -0.05) is 20.8 Å². The number of nitrogens with zero attached hydrogens (tertiary/aromatic N) is 2. The van der Waals surface area contributed by atoms with Crippen molar-refractivity contribution >= 4 is 29.9 Å². The van der Waals surface area contributed by atoms with Crippen LogP contribution in [0.4, 0.5) is 0 Å². The van der Waals surface area contributed by atoms with Gasteiger partial charge >= 0.3 is 0 Å². The molecule has 0 radical (unpaired) electrons. The fourth-order valence-electron chi connectivity index (χ4n) is 3.33. The molecule has 0 amide bonds. The van der Waals surface area contributed by atoms with Crippen LogP contribution in [-0.2, 0) is 4.74 Å². The molecule has 1 unspecified atom stereocenters. The average molecular weight is 482 g/mol. The highest BCUT2D eigenvalue weighted by Gasteiger charge is 2.15. The van der Waals surface area contributed by atoms with E-state index in [1.165, 1.54) is 45.3 Å². The van der Waals surface area contributed by atoms with Crippen molar-refractivity contribution in [2.45, 2.75) is 65.9 Å². The lowest BCUT2D eigenvalue weighted by Crippen LogP contribution is -2.40. The van der Waals surface area contributed by atoms with Crippen LogP contribution in [0.1, 0.15) is 59.8 Å². The lowest BCUT2D eigenvalue weighted by atomic mass is 9.99. The molecule has 0 aliphatic carbocycles. The molecular weight excluding hydrogens is 439 g/mol. The molecule has 0 saturated carbocycles. The van der Waals surface area contributed by atoms with Crippen LogP contribution in [0.3, 0.4) is 0 Å². The minimum absolute atomic E-state index is 0. The molecule has 2 N–H and O–H groups in total. The highest BCUT2D eigenvalue weighted by atomic mass is 127. The van der Waals surface area contributed by atoms with E-state index in [0.29, 0.717) is 12.0 Å². The number of likely N-dealkylation sites (tertiary alicyclic amines) is 1. The smallest absolute Gasteiger partial charge is 0.190 e. The predicted molar refractivity (Wildman–Crippen MR) is 124 cm³/mol. The second-order valence-electron chi connectivity index (χ2n) is 7.68. The van der Waals surface area contributed by atoms with Crippen molar-refractivity contribution in [3.05, 3.63) is 0 Å². The second-order valence-corrected chi connectivity index (χ2v) is 7.68. The van der Waals surface area contributed by atoms with Gasteiger partial charge in [-0.05, 0) is 70.5 Å². The quantitative estimate of drug-likeness (QED) is 0.204. The van der Waals surface area contributed by atoms with Crippen molar-refractivity contribution < 1.29 is 4.74 Å². The Morgan fingerprint density at radius 2 is 1.81 bits per heavy atom. The van der Waals surface area contributed by atoms with Gasteiger partial charge in [-0.3, -0.25) is 4.99 Å². The molecule has 1 atom stereocenters. The number of unbranched alkanes of at least 4 members (excludes halogenated alkanes) is 1. The molecule has 1 aliphatic rings. The van der Waals surface area contributed by atoms with E-state index in [1.54, 1.807) is 0 Å². The van der Waals surface area contributed by atoms with Gasteiger partial charge in [-0.15, -0.1) is 24.0 Å². The van der Waals surface area contributed by atoms with Gasteiger partial charge in [0.25, 0.3) is 0 Å². The largest absolute Gasteiger partial charge is 0.378 e. The first-order valence-electron chi connectivity index (χ1n) is 10.3. The minimum Gasteiger partial charge on any atom is -0.378 e. The first-order valence-corrected chi connectivity index (χ1v) is 10.3. The highest BCUT2D eigenvalue weighted by Crippen LogP contribution is 2.16. The summed E-state index contributed by atoms with van der Waals surface area (Å²) in [6.45, 7) is 15.4. The molecule has 0 aromatic heterocycles. The Labute approximate surface area is 179 Å². The zero-order valence-corrected chi connectivity index (χ0v) is 20.1. The number of nitrogens with one attached hydrogen (secondary N) is 2. The minimum atomic E-state index is 0. The molecule has 1 heterocycles. The Morgan fingerprint density at radius 3 is 2.38 bits per heavy atom. The zero-order chi connectivity index (χ0) is 18.5. The SMILES string of the molecule is CCOC(CCNC(=NC)NCCCCN1CCC(C)CC1)C(C)C.I. The third-order valence-electron chi connectivity index (χ3n) is 5.14. The van der Waals surface area contributed by atoms with Crippen molar-refractivity contribution in [3.8, 4) is 0 Å². The summed E-state index contributed by atoms with van der Waals surface area (Å²) in [6.07, 6.45) is 6.53. The summed E-state index contributed by atoms with van der Waals surface area (Å²) in [6, 6.07) is 0. The van der Waals surface area contributed by atoms with Crippen molar-refractivity contribution in [2.24, 2.45) is 16.8 Å². The van der Waals surface area contributed by atoms with E-state index in [-0.39, 0.29) is 24.0 Å². The lowest BCUT2D eigenvalue weighted by Gasteiger charge is -2.30. The molecule has 0 aromatic carbocycles. The number of halogens is 1. The van der Waals surface area contributed by atoms with Crippen LogP contribution in [0, 0.1) is 11.8 Å². The van der Waals surface area contributed by atoms with Crippen molar-refractivity contribution in [3.63, 3.8) is 0 Å². The summed E-state index contributed by atoms with van der Waals surface area (Å²) in [5, 5.41) is 6.84. The monoisotopic (exact) mass is 482 g/mol. The standard InChI is InChI=1S/C20H42N4O.HI/c1-6-25-19(17(2)3)9-13-23-20(21-5)22-12-7-8-14-24-15-10-18(4)11-16-24;/h17-19H,6-16H2,1-5H3,(H2,21,22,23);1H. The molecule has 26 heavy (non-hydrogen) atoms. The molecule has 0 spiro atoms. The first-order chi connectivity index (χ1) is 12.1. The van der Waals surface area contributed by atoms with Crippen molar-refractivity contribution in [1.29, 1.82) is 0 Å². The third kappa shape index (κ3) is 11.6. The van der Waals surface area contributed by atoms with Gasteiger partial charge in [-0.2, -0.15) is 0 Å². The molecule has 5 nitrogen and oxygen atoms in total. The first kappa shape index (κ1) is 25.9. The zero-order valence-electron chi connectivity index (χ0n) is 17.7. The van der Waals surface area contributed by atoms with E-state index in [4.69, 9.17) is 4.74 Å². The molecule has 156 valence electrons. The van der Waals surface area contributed by atoms with Gasteiger partial charge in [0.2, 0.25) is 0 Å². The number of rotatable bonds is 11. The van der Waals surface area contributed by atoms with Crippen LogP contribution in [0.5, 0.6) is 0 Å². The Balaban J connectivity index is 0.00000625. The molecule has 1 rings (SSSR count). The molecule has 6 heteroatoms. The topological polar surface area (TPSA) is 48.9 Å². The van der Waals surface area contributed by atoms with E-state index in [9.17, 15) is 0 Å². The molecule has 0 aromatic rings. The molecule has 0 bridgehead atoms. The summed E-state index contributed by atoms with van der Waals surface area (Å²) in [5.41, 5.74) is 0. The molecule has 1 saturated heterocycles. The van der Waals surface area contributed by atoms with Crippen LogP contribution < -0.4 is 10.6 Å². The van der Waals surface area contributed by atoms with Crippen LogP contribution in [0.15, 0.2) is 4.99 Å². The van der Waals surface area contributed by atoms with Crippen LogP contribution >= 0.6 is 24.0 Å². The molecule has 1 fully saturated rings. The Morgan fingerprint density at radius 1 is 1.15 bits per heavy atom. The maximum Gasteiger partial charge on any atom is 0.190 e. The number of hydrogen-bond donors (Lipinski definition) is 2. The second kappa shape index (κ2) is 15.9. The summed E-state index contributed by atoms with van der Waals surface area (Å²) >= 11 is 0. The van der Waals surface area contributed by atoms with E-state index < -0.39 is 0 Å². The van der Waals surface area contributed by atoms with E-state index >= 15 is 0 Å². The predicted octanol–water partition coefficient (Wildman–Crippen LogP) is 3.73. The Hall–Kier alpha value is -0.0800. The highest BCUT2D eigenvalue weighted by molar-refractivity contribution is 14.0. The molecule has 1 aliphatic heterocycles. The van der Waals surface area contributed by atoms with Gasteiger partial charge in [0.1, 0.15) is 0 Å². The number of piperidine rings is 1. The van der Waals surface area contributed by atoms with Crippen LogP contribution in [0.2, 0.25) is 0 Å². The maximum absolute atomic E-state index is 5.79. The average Bonchev–Trinajstić information content (AvgIpc) is 2.60. The maximum atomic E-state index is 5.79. The van der Waals surface area contributed by atoms with Gasteiger partial charge in [0, 0.05) is 26.7 Å². The summed E-state index contributed by atoms with van der Waals surface area (Å²) < 4.78 is 5.79. The summed E-state index contributed by atoms with van der Waals surface area (Å²) in [5.74, 6) is 2.38. The fraction of sp³-hybridized carbons (Fsp3) is 0.950. The lowest BCUT2D eigenvalue weighted by molar-refractivity contribution is 0.0258.